The topological polar surface area (TPSA) is 33.5 Å². The Hall–Kier alpha value is -1.74. The molecule has 19 heavy (non-hydrogen) atoms. The third-order valence-electron chi connectivity index (χ3n) is 3.32. The predicted molar refractivity (Wildman–Crippen MR) is 74.8 cm³/mol. The Bertz CT molecular complexity index is 576. The maximum Gasteiger partial charge on any atom is 0.152 e. The van der Waals surface area contributed by atoms with Gasteiger partial charge in [0.25, 0.3) is 0 Å². The summed E-state index contributed by atoms with van der Waals surface area (Å²) >= 11 is 6.06. The van der Waals surface area contributed by atoms with Crippen LogP contribution in [0, 0.1) is 0 Å². The highest BCUT2D eigenvalue weighted by molar-refractivity contribution is 6.31. The highest BCUT2D eigenvalue weighted by Gasteiger charge is 2.31. The van der Waals surface area contributed by atoms with Gasteiger partial charge in [0.15, 0.2) is 6.29 Å². The maximum atomic E-state index is 11.2. The standard InChI is InChI=1S/C15H14ClNO2/c16-12-4-3-11(10-18)15(8-12)17(13-5-6-13)9-14-2-1-7-19-14/h1-4,7-8,10,13H,5-6,9H2. The maximum absolute atomic E-state index is 11.2. The van der Waals surface area contributed by atoms with Gasteiger partial charge in [-0.05, 0) is 43.2 Å². The SMILES string of the molecule is O=Cc1ccc(Cl)cc1N(Cc1ccco1)C1CC1. The third kappa shape index (κ3) is 2.66. The van der Waals surface area contributed by atoms with Crippen LogP contribution in [-0.4, -0.2) is 12.3 Å². The minimum absolute atomic E-state index is 0.474. The second-order valence-corrected chi connectivity index (χ2v) is 5.20. The molecule has 1 fully saturated rings. The van der Waals surface area contributed by atoms with Crippen molar-refractivity contribution in [2.75, 3.05) is 4.90 Å². The van der Waals surface area contributed by atoms with Crippen molar-refractivity contribution in [3.8, 4) is 0 Å². The predicted octanol–water partition coefficient (Wildman–Crippen LogP) is 3.91. The first-order valence-corrected chi connectivity index (χ1v) is 6.69. The number of furan rings is 1. The van der Waals surface area contributed by atoms with Gasteiger partial charge in [-0.2, -0.15) is 0 Å². The molecule has 3 nitrogen and oxygen atoms in total. The molecular formula is C15H14ClNO2. The zero-order valence-corrected chi connectivity index (χ0v) is 11.1. The van der Waals surface area contributed by atoms with E-state index in [1.807, 2.05) is 18.2 Å². The van der Waals surface area contributed by atoms with E-state index in [0.29, 0.717) is 23.2 Å². The number of rotatable bonds is 5. The fourth-order valence-electron chi connectivity index (χ4n) is 2.23. The van der Waals surface area contributed by atoms with Crippen LogP contribution in [-0.2, 0) is 6.54 Å². The lowest BCUT2D eigenvalue weighted by molar-refractivity contribution is 0.112. The number of benzene rings is 1. The Morgan fingerprint density at radius 2 is 2.21 bits per heavy atom. The van der Waals surface area contributed by atoms with E-state index in [9.17, 15) is 4.79 Å². The second kappa shape index (κ2) is 5.10. The van der Waals surface area contributed by atoms with E-state index in [0.717, 1.165) is 30.6 Å². The van der Waals surface area contributed by atoms with E-state index in [2.05, 4.69) is 4.90 Å². The smallest absolute Gasteiger partial charge is 0.152 e. The van der Waals surface area contributed by atoms with Gasteiger partial charge in [-0.1, -0.05) is 11.6 Å². The van der Waals surface area contributed by atoms with Gasteiger partial charge < -0.3 is 9.32 Å². The minimum Gasteiger partial charge on any atom is -0.467 e. The Labute approximate surface area is 116 Å². The molecule has 1 aliphatic rings. The van der Waals surface area contributed by atoms with E-state index in [1.54, 1.807) is 18.4 Å². The quantitative estimate of drug-likeness (QED) is 0.776. The molecule has 3 rings (SSSR count). The number of nitrogens with zero attached hydrogens (tertiary/aromatic N) is 1. The lowest BCUT2D eigenvalue weighted by Gasteiger charge is -2.25. The van der Waals surface area contributed by atoms with E-state index in [-0.39, 0.29) is 0 Å². The van der Waals surface area contributed by atoms with Crippen LogP contribution in [0.15, 0.2) is 41.0 Å². The van der Waals surface area contributed by atoms with Crippen molar-refractivity contribution < 1.29 is 9.21 Å². The average molecular weight is 276 g/mol. The van der Waals surface area contributed by atoms with Gasteiger partial charge in [-0.3, -0.25) is 4.79 Å². The van der Waals surface area contributed by atoms with Gasteiger partial charge in [0.1, 0.15) is 5.76 Å². The third-order valence-corrected chi connectivity index (χ3v) is 3.56. The van der Waals surface area contributed by atoms with E-state index < -0.39 is 0 Å². The normalized spacial score (nSPS) is 14.4. The molecule has 1 aromatic carbocycles. The summed E-state index contributed by atoms with van der Waals surface area (Å²) in [6, 6.07) is 9.66. The lowest BCUT2D eigenvalue weighted by atomic mass is 10.1. The van der Waals surface area contributed by atoms with Gasteiger partial charge in [-0.25, -0.2) is 0 Å². The number of anilines is 1. The number of halogens is 1. The molecule has 0 amide bonds. The molecule has 0 radical (unpaired) electrons. The molecule has 1 aliphatic carbocycles. The van der Waals surface area contributed by atoms with Crippen LogP contribution in [0.5, 0.6) is 0 Å². The minimum atomic E-state index is 0.474. The highest BCUT2D eigenvalue weighted by atomic mass is 35.5. The van der Waals surface area contributed by atoms with Crippen molar-refractivity contribution in [3.63, 3.8) is 0 Å². The Balaban J connectivity index is 1.95. The van der Waals surface area contributed by atoms with Gasteiger partial charge in [0, 0.05) is 22.3 Å². The lowest BCUT2D eigenvalue weighted by Crippen LogP contribution is -2.25. The van der Waals surface area contributed by atoms with Crippen molar-refractivity contribution in [2.24, 2.45) is 0 Å². The van der Waals surface area contributed by atoms with Crippen molar-refractivity contribution in [1.82, 2.24) is 0 Å². The van der Waals surface area contributed by atoms with Gasteiger partial charge in [-0.15, -0.1) is 0 Å². The van der Waals surface area contributed by atoms with E-state index >= 15 is 0 Å². The second-order valence-electron chi connectivity index (χ2n) is 4.76. The van der Waals surface area contributed by atoms with Crippen molar-refractivity contribution >= 4 is 23.6 Å². The fourth-order valence-corrected chi connectivity index (χ4v) is 2.40. The first kappa shape index (κ1) is 12.3. The van der Waals surface area contributed by atoms with Gasteiger partial charge >= 0.3 is 0 Å². The molecule has 0 unspecified atom stereocenters. The van der Waals surface area contributed by atoms with Crippen LogP contribution < -0.4 is 4.90 Å². The van der Waals surface area contributed by atoms with Crippen molar-refractivity contribution in [1.29, 1.82) is 0 Å². The van der Waals surface area contributed by atoms with Crippen LogP contribution in [0.2, 0.25) is 5.02 Å². The molecule has 0 bridgehead atoms. The number of hydrogen-bond acceptors (Lipinski definition) is 3. The molecule has 98 valence electrons. The summed E-state index contributed by atoms with van der Waals surface area (Å²) in [6.07, 6.45) is 4.83. The Kier molecular flexibility index (Phi) is 3.30. The highest BCUT2D eigenvalue weighted by Crippen LogP contribution is 2.35. The van der Waals surface area contributed by atoms with Gasteiger partial charge in [0.2, 0.25) is 0 Å². The van der Waals surface area contributed by atoms with Crippen LogP contribution in [0.4, 0.5) is 5.69 Å². The molecule has 1 aromatic heterocycles. The molecule has 0 saturated heterocycles. The monoisotopic (exact) mass is 275 g/mol. The average Bonchev–Trinajstić information content (AvgIpc) is 3.13. The molecule has 0 N–H and O–H groups in total. The fraction of sp³-hybridized carbons (Fsp3) is 0.267. The molecule has 4 heteroatoms. The molecule has 1 saturated carbocycles. The largest absolute Gasteiger partial charge is 0.467 e. The van der Waals surface area contributed by atoms with Crippen LogP contribution in [0.3, 0.4) is 0 Å². The molecule has 1 heterocycles. The molecule has 2 aromatic rings. The zero-order valence-electron chi connectivity index (χ0n) is 10.4. The first-order chi connectivity index (χ1) is 9.28. The van der Waals surface area contributed by atoms with Crippen molar-refractivity contribution in [2.45, 2.75) is 25.4 Å². The number of carbonyl (C=O) groups excluding carboxylic acids is 1. The summed E-state index contributed by atoms with van der Waals surface area (Å²) < 4.78 is 5.40. The van der Waals surface area contributed by atoms with Gasteiger partial charge in [0.05, 0.1) is 12.8 Å². The summed E-state index contributed by atoms with van der Waals surface area (Å²) in [6.45, 7) is 0.666. The molecule has 0 atom stereocenters. The van der Waals surface area contributed by atoms with E-state index in [4.69, 9.17) is 16.0 Å². The summed E-state index contributed by atoms with van der Waals surface area (Å²) in [5.41, 5.74) is 1.56. The summed E-state index contributed by atoms with van der Waals surface area (Å²) in [7, 11) is 0. The van der Waals surface area contributed by atoms with E-state index in [1.165, 1.54) is 0 Å². The number of hydrogen-bond donors (Lipinski definition) is 0. The molecular weight excluding hydrogens is 262 g/mol. The number of carbonyl (C=O) groups is 1. The number of aldehydes is 1. The van der Waals surface area contributed by atoms with Crippen LogP contribution in [0.25, 0.3) is 0 Å². The zero-order chi connectivity index (χ0) is 13.2. The summed E-state index contributed by atoms with van der Waals surface area (Å²) in [5, 5.41) is 0.644. The molecule has 0 aliphatic heterocycles. The first-order valence-electron chi connectivity index (χ1n) is 6.31. The summed E-state index contributed by atoms with van der Waals surface area (Å²) in [5.74, 6) is 0.892. The van der Waals surface area contributed by atoms with Crippen LogP contribution in [0.1, 0.15) is 29.0 Å². The Morgan fingerprint density at radius 3 is 2.84 bits per heavy atom. The summed E-state index contributed by atoms with van der Waals surface area (Å²) in [4.78, 5) is 13.4. The van der Waals surface area contributed by atoms with Crippen molar-refractivity contribution in [3.05, 3.63) is 52.9 Å². The molecule has 0 spiro atoms. The van der Waals surface area contributed by atoms with Crippen LogP contribution >= 0.6 is 11.6 Å². The Morgan fingerprint density at radius 1 is 1.37 bits per heavy atom.